The Bertz CT molecular complexity index is 1360. The van der Waals surface area contributed by atoms with Gasteiger partial charge in [0.2, 0.25) is 0 Å². The summed E-state index contributed by atoms with van der Waals surface area (Å²) in [6.07, 6.45) is 15.7. The smallest absolute Gasteiger partial charge is 0.306 e. The molecule has 0 saturated heterocycles. The monoisotopic (exact) mass is 1100 g/mol. The predicted octanol–water partition coefficient (Wildman–Crippen LogP) is 11.0. The SMILES string of the molecule is O=CCCCCCCCC(=O)OC1C(OC(=O)CCCCCCCC=O)C(OC(=O)CCCCCCCC=O)C(OC(=O)CCCCCCCC=O)C(OC(=O)CCCCCCCC=O)C1OC(=O)CCCCCCCC=O. The fourth-order valence-electron chi connectivity index (χ4n) is 9.35. The Morgan fingerprint density at radius 2 is 0.308 bits per heavy atom. The van der Waals surface area contributed by atoms with Crippen LogP contribution < -0.4 is 0 Å². The van der Waals surface area contributed by atoms with E-state index in [4.69, 9.17) is 28.4 Å². The van der Waals surface area contributed by atoms with Gasteiger partial charge >= 0.3 is 35.8 Å². The summed E-state index contributed by atoms with van der Waals surface area (Å²) in [6.45, 7) is 0. The van der Waals surface area contributed by atoms with Gasteiger partial charge in [-0.25, -0.2) is 0 Å². The van der Waals surface area contributed by atoms with Crippen molar-refractivity contribution in [2.75, 3.05) is 0 Å². The van der Waals surface area contributed by atoms with Crippen molar-refractivity contribution in [1.29, 1.82) is 0 Å². The maximum atomic E-state index is 14.1. The second-order valence-electron chi connectivity index (χ2n) is 20.6. The molecule has 0 aromatic rings. The topological polar surface area (TPSA) is 260 Å². The molecule has 0 N–H and O–H groups in total. The van der Waals surface area contributed by atoms with Gasteiger partial charge < -0.3 is 57.2 Å². The molecule has 0 bridgehead atoms. The van der Waals surface area contributed by atoms with E-state index >= 15 is 0 Å². The number of hydrogen-bond acceptors (Lipinski definition) is 18. The van der Waals surface area contributed by atoms with Gasteiger partial charge in [0.15, 0.2) is 36.6 Å². The Labute approximate surface area is 464 Å². The lowest BCUT2D eigenvalue weighted by atomic mass is 9.83. The summed E-state index contributed by atoms with van der Waals surface area (Å²) in [5.41, 5.74) is 0. The van der Waals surface area contributed by atoms with Crippen LogP contribution in [0.15, 0.2) is 0 Å². The third-order valence-electron chi connectivity index (χ3n) is 13.8. The molecule has 18 heteroatoms. The maximum absolute atomic E-state index is 14.1. The third-order valence-corrected chi connectivity index (χ3v) is 13.8. The second-order valence-corrected chi connectivity index (χ2v) is 20.6. The van der Waals surface area contributed by atoms with Gasteiger partial charge in [-0.2, -0.15) is 0 Å². The highest BCUT2D eigenvalue weighted by molar-refractivity contribution is 5.74. The molecule has 0 aromatic heterocycles. The molecule has 0 unspecified atom stereocenters. The molecule has 0 spiro atoms. The Hall–Kier alpha value is -5.16. The quantitative estimate of drug-likeness (QED) is 0.0237. The highest BCUT2D eigenvalue weighted by atomic mass is 16.7. The number of ether oxygens (including phenoxy) is 6. The van der Waals surface area contributed by atoms with Crippen LogP contribution in [0.4, 0.5) is 0 Å². The molecule has 0 radical (unpaired) electrons. The first kappa shape index (κ1) is 70.9. The average Bonchev–Trinajstić information content (AvgIpc) is 3.42. The average molecular weight is 1110 g/mol. The minimum absolute atomic E-state index is 0.123. The van der Waals surface area contributed by atoms with Crippen molar-refractivity contribution in [3.63, 3.8) is 0 Å². The lowest BCUT2D eigenvalue weighted by molar-refractivity contribution is -0.262. The molecular formula is C60H96O18. The zero-order valence-electron chi connectivity index (χ0n) is 47.0. The van der Waals surface area contributed by atoms with E-state index in [0.717, 1.165) is 115 Å². The molecule has 0 amide bonds. The molecule has 78 heavy (non-hydrogen) atoms. The van der Waals surface area contributed by atoms with Gasteiger partial charge in [0.25, 0.3) is 0 Å². The standard InChI is InChI=1S/C60H96O18/c61-43-31-19-7-1-13-25-37-49(67)73-55-56(74-50(68)38-26-14-2-8-20-32-44-62)58(76-52(70)40-28-16-4-10-22-34-46-64)60(78-54(72)42-30-18-6-12-24-36-48-66)59(77-53(71)41-29-17-5-11-23-35-47-65)57(55)75-51(69)39-27-15-3-9-21-33-45-63/h43-48,55-60H,1-42H2. The number of hydrogen-bond donors (Lipinski definition) is 0. The van der Waals surface area contributed by atoms with E-state index < -0.39 is 72.4 Å². The molecule has 1 rings (SSSR count). The van der Waals surface area contributed by atoms with Gasteiger partial charge in [0, 0.05) is 77.0 Å². The van der Waals surface area contributed by atoms with Crippen molar-refractivity contribution in [3.05, 3.63) is 0 Å². The van der Waals surface area contributed by atoms with Gasteiger partial charge in [0.1, 0.15) is 37.7 Å². The number of aldehydes is 6. The van der Waals surface area contributed by atoms with Crippen molar-refractivity contribution in [2.45, 2.75) is 306 Å². The number of esters is 6. The van der Waals surface area contributed by atoms with E-state index in [0.29, 0.717) is 154 Å². The van der Waals surface area contributed by atoms with Crippen LogP contribution in [0.5, 0.6) is 0 Å². The second kappa shape index (κ2) is 50.1. The number of unbranched alkanes of at least 4 members (excludes halogenated alkanes) is 30. The summed E-state index contributed by atoms with van der Waals surface area (Å²) in [4.78, 5) is 150. The Morgan fingerprint density at radius 1 is 0.192 bits per heavy atom. The van der Waals surface area contributed by atoms with E-state index in [1.165, 1.54) is 0 Å². The van der Waals surface area contributed by atoms with Crippen molar-refractivity contribution in [2.24, 2.45) is 0 Å². The number of rotatable bonds is 54. The van der Waals surface area contributed by atoms with Crippen LogP contribution >= 0.6 is 0 Å². The Kier molecular flexibility index (Phi) is 45.5. The normalized spacial score (nSPS) is 17.7. The van der Waals surface area contributed by atoms with Gasteiger partial charge in [-0.3, -0.25) is 28.8 Å². The van der Waals surface area contributed by atoms with E-state index in [1.807, 2.05) is 0 Å². The summed E-state index contributed by atoms with van der Waals surface area (Å²) in [5.74, 6) is -4.65. The minimum Gasteiger partial charge on any atom is -0.454 e. The van der Waals surface area contributed by atoms with Crippen LogP contribution in [0.25, 0.3) is 0 Å². The molecule has 18 nitrogen and oxygen atoms in total. The zero-order chi connectivity index (χ0) is 57.1. The highest BCUT2D eigenvalue weighted by Crippen LogP contribution is 2.36. The first-order valence-electron chi connectivity index (χ1n) is 29.8. The van der Waals surface area contributed by atoms with Gasteiger partial charge in [0.05, 0.1) is 0 Å². The lowest BCUT2D eigenvalue weighted by Crippen LogP contribution is -2.69. The van der Waals surface area contributed by atoms with Crippen LogP contribution in [0.1, 0.15) is 270 Å². The van der Waals surface area contributed by atoms with Gasteiger partial charge in [-0.05, 0) is 77.0 Å². The van der Waals surface area contributed by atoms with Gasteiger partial charge in [-0.15, -0.1) is 0 Å². The van der Waals surface area contributed by atoms with Crippen LogP contribution in [0.2, 0.25) is 0 Å². The first-order chi connectivity index (χ1) is 38.1. The Balaban J connectivity index is 3.97. The van der Waals surface area contributed by atoms with Crippen LogP contribution in [0, 0.1) is 0 Å². The summed E-state index contributed by atoms with van der Waals surface area (Å²) < 4.78 is 37.3. The van der Waals surface area contributed by atoms with E-state index in [2.05, 4.69) is 0 Å². The zero-order valence-corrected chi connectivity index (χ0v) is 47.0. The summed E-state index contributed by atoms with van der Waals surface area (Å²) in [6, 6.07) is 0. The Morgan fingerprint density at radius 3 is 0.436 bits per heavy atom. The number of carbonyl (C=O) groups excluding carboxylic acids is 12. The van der Waals surface area contributed by atoms with E-state index in [9.17, 15) is 57.5 Å². The molecule has 444 valence electrons. The largest absolute Gasteiger partial charge is 0.454 e. The lowest BCUT2D eigenvalue weighted by Gasteiger charge is -2.47. The number of carbonyl (C=O) groups is 12. The molecule has 0 aromatic carbocycles. The fraction of sp³-hybridized carbons (Fsp3) is 0.800. The van der Waals surface area contributed by atoms with Crippen LogP contribution in [-0.2, 0) is 86.0 Å². The van der Waals surface area contributed by atoms with Crippen molar-refractivity contribution < 1.29 is 86.0 Å². The minimum atomic E-state index is -1.74. The molecule has 1 fully saturated rings. The van der Waals surface area contributed by atoms with Crippen molar-refractivity contribution in [3.8, 4) is 0 Å². The fourth-order valence-corrected chi connectivity index (χ4v) is 9.35. The summed E-state index contributed by atoms with van der Waals surface area (Å²) in [5, 5.41) is 0. The van der Waals surface area contributed by atoms with Crippen molar-refractivity contribution >= 4 is 73.5 Å². The van der Waals surface area contributed by atoms with Crippen LogP contribution in [-0.4, -0.2) is 110 Å². The third kappa shape index (κ3) is 36.8. The van der Waals surface area contributed by atoms with Crippen LogP contribution in [0.3, 0.4) is 0 Å². The molecular weight excluding hydrogens is 1010 g/mol. The van der Waals surface area contributed by atoms with Crippen molar-refractivity contribution in [1.82, 2.24) is 0 Å². The summed E-state index contributed by atoms with van der Waals surface area (Å²) >= 11 is 0. The maximum Gasteiger partial charge on any atom is 0.306 e. The molecule has 1 aliphatic rings. The molecule has 1 saturated carbocycles. The summed E-state index contributed by atoms with van der Waals surface area (Å²) in [7, 11) is 0. The molecule has 0 heterocycles. The van der Waals surface area contributed by atoms with E-state index in [-0.39, 0.29) is 38.5 Å². The molecule has 1 aliphatic carbocycles. The van der Waals surface area contributed by atoms with E-state index in [1.54, 1.807) is 0 Å². The van der Waals surface area contributed by atoms with Gasteiger partial charge in [-0.1, -0.05) is 116 Å². The first-order valence-corrected chi connectivity index (χ1v) is 29.8. The molecule has 0 atom stereocenters. The molecule has 0 aliphatic heterocycles. The predicted molar refractivity (Wildman–Crippen MR) is 290 cm³/mol. The highest BCUT2D eigenvalue weighted by Gasteiger charge is 2.61.